The first-order valence-corrected chi connectivity index (χ1v) is 6.59. The van der Waals surface area contributed by atoms with Crippen LogP contribution in [0.25, 0.3) is 0 Å². The van der Waals surface area contributed by atoms with Gasteiger partial charge in [-0.25, -0.2) is 0 Å². The lowest BCUT2D eigenvalue weighted by Gasteiger charge is -2.20. The van der Waals surface area contributed by atoms with Crippen LogP contribution in [0.15, 0.2) is 0 Å². The third-order valence-electron chi connectivity index (χ3n) is 3.05. The average molecular weight is 227 g/mol. The highest BCUT2D eigenvalue weighted by atomic mass is 16.5. The summed E-state index contributed by atoms with van der Waals surface area (Å²) < 4.78 is 5.42. The summed E-state index contributed by atoms with van der Waals surface area (Å²) in [5.74, 6) is 0.531. The van der Waals surface area contributed by atoms with Crippen molar-refractivity contribution >= 4 is 5.91 Å². The second-order valence-corrected chi connectivity index (χ2v) is 4.90. The molecule has 0 atom stereocenters. The fraction of sp³-hybridized carbons (Fsp3) is 0.923. The first kappa shape index (κ1) is 13.5. The second kappa shape index (κ2) is 7.66. The van der Waals surface area contributed by atoms with Crippen molar-refractivity contribution in [3.05, 3.63) is 0 Å². The molecule has 0 aromatic rings. The Morgan fingerprint density at radius 2 is 2.00 bits per heavy atom. The van der Waals surface area contributed by atoms with E-state index < -0.39 is 0 Å². The van der Waals surface area contributed by atoms with Crippen LogP contribution in [0, 0.1) is 5.92 Å². The van der Waals surface area contributed by atoms with Crippen LogP contribution >= 0.6 is 0 Å². The van der Waals surface area contributed by atoms with Crippen LogP contribution in [-0.4, -0.2) is 25.2 Å². The van der Waals surface area contributed by atoms with Gasteiger partial charge in [-0.05, 0) is 33.1 Å². The van der Waals surface area contributed by atoms with E-state index >= 15 is 0 Å². The van der Waals surface area contributed by atoms with Gasteiger partial charge in [0.05, 0.1) is 6.10 Å². The number of carbonyl (C=O) groups is 1. The fourth-order valence-corrected chi connectivity index (χ4v) is 2.11. The maximum Gasteiger partial charge on any atom is 0.223 e. The molecule has 0 aliphatic heterocycles. The lowest BCUT2D eigenvalue weighted by Crippen LogP contribution is -2.33. The van der Waals surface area contributed by atoms with Crippen molar-refractivity contribution in [2.75, 3.05) is 13.2 Å². The number of nitrogens with one attached hydrogen (secondary N) is 1. The number of carbonyl (C=O) groups excluding carboxylic acids is 1. The third kappa shape index (κ3) is 5.50. The molecular weight excluding hydrogens is 202 g/mol. The molecule has 1 rings (SSSR count). The Morgan fingerprint density at radius 1 is 1.31 bits per heavy atom. The summed E-state index contributed by atoms with van der Waals surface area (Å²) >= 11 is 0. The van der Waals surface area contributed by atoms with Gasteiger partial charge in [0.15, 0.2) is 0 Å². The molecule has 0 heterocycles. The summed E-state index contributed by atoms with van der Waals surface area (Å²) in [7, 11) is 0. The molecule has 1 amide bonds. The maximum absolute atomic E-state index is 11.7. The minimum absolute atomic E-state index is 0.254. The molecule has 0 unspecified atom stereocenters. The van der Waals surface area contributed by atoms with Gasteiger partial charge >= 0.3 is 0 Å². The van der Waals surface area contributed by atoms with Crippen molar-refractivity contribution in [1.29, 1.82) is 0 Å². The molecule has 16 heavy (non-hydrogen) atoms. The summed E-state index contributed by atoms with van der Waals surface area (Å²) in [6, 6.07) is 0. The topological polar surface area (TPSA) is 38.3 Å². The lowest BCUT2D eigenvalue weighted by molar-refractivity contribution is -0.125. The van der Waals surface area contributed by atoms with Crippen LogP contribution in [0.4, 0.5) is 0 Å². The molecule has 0 spiro atoms. The van der Waals surface area contributed by atoms with E-state index in [1.54, 1.807) is 0 Å². The van der Waals surface area contributed by atoms with Gasteiger partial charge in [-0.3, -0.25) is 4.79 Å². The van der Waals surface area contributed by atoms with E-state index in [0.717, 1.165) is 32.4 Å². The Morgan fingerprint density at radius 3 is 2.62 bits per heavy atom. The van der Waals surface area contributed by atoms with E-state index in [9.17, 15) is 4.79 Å². The van der Waals surface area contributed by atoms with Gasteiger partial charge in [0.1, 0.15) is 0 Å². The average Bonchev–Trinajstić information content (AvgIpc) is 2.29. The molecule has 0 saturated heterocycles. The zero-order valence-corrected chi connectivity index (χ0v) is 10.6. The van der Waals surface area contributed by atoms with Crippen molar-refractivity contribution in [2.24, 2.45) is 5.92 Å². The number of rotatable bonds is 6. The summed E-state index contributed by atoms with van der Waals surface area (Å²) in [5, 5.41) is 3.01. The van der Waals surface area contributed by atoms with Gasteiger partial charge in [0.2, 0.25) is 5.91 Å². The number of hydrogen-bond acceptors (Lipinski definition) is 2. The smallest absolute Gasteiger partial charge is 0.223 e. The predicted molar refractivity (Wildman–Crippen MR) is 65.3 cm³/mol. The summed E-state index contributed by atoms with van der Waals surface area (Å²) in [5.41, 5.74) is 0. The highest BCUT2D eigenvalue weighted by Gasteiger charge is 2.20. The van der Waals surface area contributed by atoms with Crippen LogP contribution < -0.4 is 5.32 Å². The van der Waals surface area contributed by atoms with Gasteiger partial charge in [-0.15, -0.1) is 0 Å². The van der Waals surface area contributed by atoms with Crippen LogP contribution in [-0.2, 0) is 9.53 Å². The van der Waals surface area contributed by atoms with Gasteiger partial charge in [0.25, 0.3) is 0 Å². The minimum atomic E-state index is 0.254. The van der Waals surface area contributed by atoms with Crippen LogP contribution in [0.5, 0.6) is 0 Å². The monoisotopic (exact) mass is 227 g/mol. The van der Waals surface area contributed by atoms with E-state index in [1.807, 2.05) is 13.8 Å². The third-order valence-corrected chi connectivity index (χ3v) is 3.05. The molecule has 1 saturated carbocycles. The molecule has 1 fully saturated rings. The summed E-state index contributed by atoms with van der Waals surface area (Å²) in [4.78, 5) is 11.7. The Hall–Kier alpha value is -0.570. The molecule has 0 aromatic heterocycles. The van der Waals surface area contributed by atoms with E-state index in [1.165, 1.54) is 19.3 Å². The maximum atomic E-state index is 11.7. The molecule has 1 N–H and O–H groups in total. The zero-order valence-electron chi connectivity index (χ0n) is 10.6. The number of ether oxygens (including phenoxy) is 1. The van der Waals surface area contributed by atoms with Crippen LogP contribution in [0.3, 0.4) is 0 Å². The fourth-order valence-electron chi connectivity index (χ4n) is 2.11. The number of amides is 1. The first-order chi connectivity index (χ1) is 7.70. The summed E-state index contributed by atoms with van der Waals surface area (Å²) in [6.45, 7) is 5.55. The van der Waals surface area contributed by atoms with E-state index in [4.69, 9.17) is 4.74 Å². The van der Waals surface area contributed by atoms with Gasteiger partial charge in [0, 0.05) is 19.1 Å². The first-order valence-electron chi connectivity index (χ1n) is 6.59. The standard InChI is InChI=1S/C13H25NO2/c1-11(2)16-10-6-9-14-13(15)12-7-4-3-5-8-12/h11-12H,3-10H2,1-2H3,(H,14,15). The van der Waals surface area contributed by atoms with E-state index in [2.05, 4.69) is 5.32 Å². The molecule has 94 valence electrons. The van der Waals surface area contributed by atoms with Gasteiger partial charge in [-0.1, -0.05) is 19.3 Å². The van der Waals surface area contributed by atoms with Crippen molar-refractivity contribution in [3.8, 4) is 0 Å². The van der Waals surface area contributed by atoms with Crippen molar-refractivity contribution in [3.63, 3.8) is 0 Å². The van der Waals surface area contributed by atoms with Crippen LogP contribution in [0.1, 0.15) is 52.4 Å². The Bertz CT molecular complexity index is 198. The highest BCUT2D eigenvalue weighted by molar-refractivity contribution is 5.78. The second-order valence-electron chi connectivity index (χ2n) is 4.90. The van der Waals surface area contributed by atoms with Gasteiger partial charge in [-0.2, -0.15) is 0 Å². The normalized spacial score (nSPS) is 17.7. The Balaban J connectivity index is 2.01. The van der Waals surface area contributed by atoms with Crippen molar-refractivity contribution < 1.29 is 9.53 Å². The molecule has 0 aromatic carbocycles. The van der Waals surface area contributed by atoms with Gasteiger partial charge < -0.3 is 10.1 Å². The van der Waals surface area contributed by atoms with E-state index in [-0.39, 0.29) is 17.9 Å². The summed E-state index contributed by atoms with van der Waals surface area (Å²) in [6.07, 6.45) is 7.09. The molecule has 1 aliphatic rings. The zero-order chi connectivity index (χ0) is 11.8. The molecule has 3 nitrogen and oxygen atoms in total. The quantitative estimate of drug-likeness (QED) is 0.708. The molecular formula is C13H25NO2. The minimum Gasteiger partial charge on any atom is -0.379 e. The van der Waals surface area contributed by atoms with Crippen LogP contribution in [0.2, 0.25) is 0 Å². The van der Waals surface area contributed by atoms with Crippen molar-refractivity contribution in [1.82, 2.24) is 5.32 Å². The van der Waals surface area contributed by atoms with Crippen molar-refractivity contribution in [2.45, 2.75) is 58.5 Å². The SMILES string of the molecule is CC(C)OCCCNC(=O)C1CCCCC1. The Labute approximate surface area is 98.9 Å². The van der Waals surface area contributed by atoms with E-state index in [0.29, 0.717) is 0 Å². The molecule has 0 bridgehead atoms. The lowest BCUT2D eigenvalue weighted by atomic mass is 9.89. The molecule has 0 radical (unpaired) electrons. The predicted octanol–water partition coefficient (Wildman–Crippen LogP) is 2.50. The molecule has 3 heteroatoms. The number of hydrogen-bond donors (Lipinski definition) is 1. The highest BCUT2D eigenvalue weighted by Crippen LogP contribution is 2.23. The Kier molecular flexibility index (Phi) is 6.46. The molecule has 1 aliphatic carbocycles. The largest absolute Gasteiger partial charge is 0.379 e.